The predicted octanol–water partition coefficient (Wildman–Crippen LogP) is -0.213. The van der Waals surface area contributed by atoms with Crippen LogP contribution in [0.15, 0.2) is 0 Å². The van der Waals surface area contributed by atoms with Gasteiger partial charge in [-0.15, -0.1) is 0 Å². The third-order valence-electron chi connectivity index (χ3n) is 22.5. The summed E-state index contributed by atoms with van der Waals surface area (Å²) < 4.78 is 104. The zero-order valence-electron chi connectivity index (χ0n) is 57.2. The number of carboxylic acid groups (broad SMARTS) is 1. The van der Waals surface area contributed by atoms with Gasteiger partial charge in [0.2, 0.25) is 0 Å². The number of carboxylic acids is 1. The number of nitrogens with one attached hydrogen (secondary N) is 1. The van der Waals surface area contributed by atoms with Crippen molar-refractivity contribution in [2.75, 3.05) is 139 Å². The molecular weight excluding hydrogens is 1290 g/mol. The van der Waals surface area contributed by atoms with E-state index in [1.165, 1.54) is 26.2 Å². The number of rotatable bonds is 13. The summed E-state index contributed by atoms with van der Waals surface area (Å²) in [5.41, 5.74) is 2.87. The number of aliphatic carboxylic acids is 1. The number of hydrogen-bond donors (Lipinski definition) is 3. The molecule has 3 atom stereocenters. The van der Waals surface area contributed by atoms with Gasteiger partial charge in [0.1, 0.15) is 12.1 Å². The van der Waals surface area contributed by atoms with E-state index in [2.05, 4.69) is 35.8 Å². The van der Waals surface area contributed by atoms with E-state index in [9.17, 15) is 60.2 Å². The molecule has 9 saturated heterocycles. The number of ether oxygens (including phenoxy) is 4. The number of carbonyl (C=O) groups is 6. The Bertz CT molecular complexity index is 2570. The molecule has 96 heavy (non-hydrogen) atoms. The van der Waals surface area contributed by atoms with Crippen LogP contribution in [0.4, 0.5) is 40.7 Å². The van der Waals surface area contributed by atoms with Gasteiger partial charge in [0.05, 0.1) is 66.8 Å². The van der Waals surface area contributed by atoms with Crippen LogP contribution in [0.1, 0.15) is 136 Å². The Labute approximate surface area is 578 Å². The average Bonchev–Trinajstić information content (AvgIpc) is 1.53. The Morgan fingerprint density at radius 1 is 0.458 bits per heavy atom. The minimum absolute atomic E-state index is 0. The molecule has 3 aliphatic carbocycles. The summed E-state index contributed by atoms with van der Waals surface area (Å²) in [5.74, 6) is -6.42. The molecule has 3 saturated carbocycles. The van der Waals surface area contributed by atoms with E-state index < -0.39 is 79.5 Å². The summed E-state index contributed by atoms with van der Waals surface area (Å²) in [6.45, 7) is 15.2. The van der Waals surface area contributed by atoms with Gasteiger partial charge in [-0.1, -0.05) is 0 Å². The van der Waals surface area contributed by atoms with Crippen LogP contribution in [0.2, 0.25) is 0 Å². The molecule has 0 aromatic heterocycles. The first-order chi connectivity index (χ1) is 44.1. The van der Waals surface area contributed by atoms with Crippen LogP contribution in [0.3, 0.4) is 0 Å². The predicted molar refractivity (Wildman–Crippen MR) is 328 cm³/mol. The van der Waals surface area contributed by atoms with Crippen molar-refractivity contribution in [1.82, 2.24) is 49.6 Å². The van der Waals surface area contributed by atoms with Crippen LogP contribution in [-0.4, -0.2) is 302 Å². The maximum absolute atomic E-state index is 14.1. The van der Waals surface area contributed by atoms with Gasteiger partial charge in [0, 0.05) is 94.8 Å². The second-order valence-electron chi connectivity index (χ2n) is 28.6. The molecule has 0 unspecified atom stereocenters. The molecule has 4 amide bonds. The molecule has 33 heteroatoms. The molecule has 12 aliphatic rings. The summed E-state index contributed by atoms with van der Waals surface area (Å²) in [5, 5.41) is 9.32. The number of esters is 1. The fourth-order valence-electron chi connectivity index (χ4n) is 17.9. The fourth-order valence-corrected chi connectivity index (χ4v) is 17.9. The summed E-state index contributed by atoms with van der Waals surface area (Å²) in [6, 6.07) is -1.36. The number of hydroxylamine groups is 1. The monoisotopic (exact) mass is 1390 g/mol. The number of hydrogen-bond acceptors (Lipinski definition) is 20. The first kappa shape index (κ1) is 81.3. The summed E-state index contributed by atoms with van der Waals surface area (Å²) in [4.78, 5) is 97.6. The normalized spacial score (nSPS) is 32.9. The molecule has 9 heterocycles. The first-order valence-corrected chi connectivity index (χ1v) is 33.9. The molecule has 25 nitrogen and oxygen atoms in total. The molecule has 12 rings (SSSR count). The number of likely N-dealkylation sites (tertiary alicyclic amines) is 9. The smallest absolute Gasteiger partial charge is 1.00 e. The number of nitrogens with two attached hydrogens (primary N) is 1. The van der Waals surface area contributed by atoms with Crippen LogP contribution in [0.25, 0.3) is 0 Å². The SMILES string of the molecule is CCOC(=O)N1CCC2(CC(N3CCC(N4CC(F)(F)C[C@@H]4C(=O)NOC)CC3)C2)C1.CCOC(=O)N1CCC2(CC(N3CCC(N4CC(F)(F)C[C@@H]4C(=O)O)CC3)C2)C1.CCOC(=O)N1CCC2(CC(N3CCC(N4CC(F)(F)C[C@@H]4C(=O)OC)CC3)C2)C1.CON.[Cl-].[Li+].[OH-]. The van der Waals surface area contributed by atoms with Gasteiger partial charge in [-0.05, 0) is 173 Å². The van der Waals surface area contributed by atoms with E-state index in [1.54, 1.807) is 9.80 Å². The average molecular weight is 1400 g/mol. The molecule has 0 aromatic carbocycles. The minimum Gasteiger partial charge on any atom is -1.00 e. The third kappa shape index (κ3) is 19.3. The first-order valence-electron chi connectivity index (χ1n) is 33.9. The van der Waals surface area contributed by atoms with Crippen LogP contribution in [0.5, 0.6) is 0 Å². The Balaban J connectivity index is 0.000000220. The van der Waals surface area contributed by atoms with Gasteiger partial charge in [-0.2, -0.15) is 0 Å². The van der Waals surface area contributed by atoms with E-state index in [-0.39, 0.29) is 102 Å². The van der Waals surface area contributed by atoms with Crippen LogP contribution >= 0.6 is 0 Å². The Kier molecular flexibility index (Phi) is 29.0. The standard InChI is InChI=1S/C21H34F2N4O4.C21H33F2N3O4.C20H31F2N3O4.CH5NO.ClH.Li.H2O/c1-3-31-19(29)26-9-6-20(13-26)10-16(11-20)25-7-4-15(5-8-25)27-14-21(22,23)12-17(27)18(28)24-30-2;1-3-30-19(28)25-9-6-20(13-25)10-16(11-20)24-7-4-15(5-8-24)26-14-21(22,23)12-17(26)18(27)29-2;1-2-29-18(28)24-8-5-19(12-24)9-15(10-19)23-6-3-14(4-7-23)25-13-20(21,22)11-16(25)17(26)27;1-3-2;;;/h15-17H,3-14H2,1-2H3,(H,24,28);15-17H,3-14H2,1-2H3;14-16H,2-13H2,1H3,(H,26,27);2H2,1H3;1H;;1H2/q;;;;;+1;/p-2/t2*16?,17-,20?;15?,16-,19?;;;;/m111..../s1. The number of halogens is 7. The molecule has 12 fully saturated rings. The van der Waals surface area contributed by atoms with Crippen molar-refractivity contribution >= 4 is 36.1 Å². The van der Waals surface area contributed by atoms with E-state index in [1.807, 2.05) is 35.5 Å². The van der Waals surface area contributed by atoms with Crippen molar-refractivity contribution in [3.8, 4) is 0 Å². The Hall–Kier alpha value is -3.71. The molecule has 0 bridgehead atoms. The zero-order chi connectivity index (χ0) is 67.3. The van der Waals surface area contributed by atoms with Crippen molar-refractivity contribution in [3.63, 3.8) is 0 Å². The Morgan fingerprint density at radius 3 is 1.02 bits per heavy atom. The molecule has 3 spiro atoms. The quantitative estimate of drug-likeness (QED) is 0.0707. The van der Waals surface area contributed by atoms with Crippen molar-refractivity contribution in [1.29, 1.82) is 0 Å². The van der Waals surface area contributed by atoms with Crippen LogP contribution in [0, 0.1) is 16.2 Å². The molecule has 546 valence electrons. The molecule has 0 radical (unpaired) electrons. The largest absolute Gasteiger partial charge is 1.00 e. The number of nitrogens with zero attached hydrogens (tertiary/aromatic N) is 9. The summed E-state index contributed by atoms with van der Waals surface area (Å²) >= 11 is 0. The van der Waals surface area contributed by atoms with Gasteiger partial charge < -0.3 is 76.2 Å². The van der Waals surface area contributed by atoms with Crippen molar-refractivity contribution in [2.24, 2.45) is 22.1 Å². The van der Waals surface area contributed by atoms with E-state index in [0.29, 0.717) is 37.9 Å². The van der Waals surface area contributed by atoms with Crippen molar-refractivity contribution < 1.29 is 126 Å². The van der Waals surface area contributed by atoms with Crippen LogP contribution < -0.4 is 42.6 Å². The second kappa shape index (κ2) is 34.3. The minimum atomic E-state index is -2.91. The molecular formula is C63H104ClF6LiN11O14-. The molecule has 5 N–H and O–H groups in total. The number of carbonyl (C=O) groups excluding carboxylic acids is 5. The van der Waals surface area contributed by atoms with Crippen molar-refractivity contribution in [2.45, 2.75) is 208 Å². The summed E-state index contributed by atoms with van der Waals surface area (Å²) in [6.07, 6.45) is 12.0. The number of methoxy groups -OCH3 is 1. The Morgan fingerprint density at radius 2 is 0.740 bits per heavy atom. The van der Waals surface area contributed by atoms with E-state index in [4.69, 9.17) is 18.9 Å². The third-order valence-corrected chi connectivity index (χ3v) is 22.5. The van der Waals surface area contributed by atoms with Gasteiger partial charge in [0.15, 0.2) is 0 Å². The topological polar surface area (TPSA) is 275 Å². The van der Waals surface area contributed by atoms with Gasteiger partial charge >= 0.3 is 49.1 Å². The summed E-state index contributed by atoms with van der Waals surface area (Å²) in [7, 11) is 3.98. The van der Waals surface area contributed by atoms with Crippen LogP contribution in [-0.2, 0) is 43.0 Å². The molecule has 0 aromatic rings. The fraction of sp³-hybridized carbons (Fsp3) is 0.905. The van der Waals surface area contributed by atoms with Gasteiger partial charge in [-0.25, -0.2) is 52.1 Å². The maximum atomic E-state index is 14.1. The number of piperidine rings is 3. The molecule has 9 aliphatic heterocycles. The van der Waals surface area contributed by atoms with Gasteiger partial charge in [-0.3, -0.25) is 33.9 Å². The zero-order valence-corrected chi connectivity index (χ0v) is 57.9. The van der Waals surface area contributed by atoms with E-state index >= 15 is 0 Å². The number of amides is 4. The van der Waals surface area contributed by atoms with Crippen molar-refractivity contribution in [3.05, 3.63) is 0 Å². The van der Waals surface area contributed by atoms with Gasteiger partial charge in [0.25, 0.3) is 23.7 Å². The van der Waals surface area contributed by atoms with E-state index in [0.717, 1.165) is 175 Å². The maximum Gasteiger partial charge on any atom is 1.00 e. The second-order valence-corrected chi connectivity index (χ2v) is 28.6. The number of alkyl halides is 6.